The van der Waals surface area contributed by atoms with Crippen molar-refractivity contribution in [2.24, 2.45) is 11.8 Å². The highest BCUT2D eigenvalue weighted by molar-refractivity contribution is 6.59. The van der Waals surface area contributed by atoms with Gasteiger partial charge in [-0.15, -0.1) is 0 Å². The molecule has 0 aromatic heterocycles. The molecule has 0 aliphatic heterocycles. The van der Waals surface area contributed by atoms with Gasteiger partial charge in [-0.2, -0.15) is 0 Å². The van der Waals surface area contributed by atoms with E-state index in [4.69, 9.17) is 0 Å². The van der Waals surface area contributed by atoms with Gasteiger partial charge in [-0.3, -0.25) is 0 Å². The fraction of sp³-hybridized carbons (Fsp3) is 0.846. The van der Waals surface area contributed by atoms with Crippen LogP contribution in [0.2, 0.25) is 15.8 Å². The molecule has 0 spiro atoms. The fourth-order valence-corrected chi connectivity index (χ4v) is 6.07. The van der Waals surface area contributed by atoms with Crippen molar-refractivity contribution in [2.75, 3.05) is 0 Å². The van der Waals surface area contributed by atoms with Crippen molar-refractivity contribution < 1.29 is 0 Å². The summed E-state index contributed by atoms with van der Waals surface area (Å²) in [7, 11) is 0. The van der Waals surface area contributed by atoms with Crippen LogP contribution in [-0.2, 0) is 0 Å². The lowest BCUT2D eigenvalue weighted by atomic mass is 10.3. The normalized spacial score (nSPS) is 10.9. The SMILES string of the molecule is CC(C)=C[CH2][Al]([CH2]C(C)C)[CH2]C(C)C. The highest BCUT2D eigenvalue weighted by Crippen LogP contribution is 2.18. The van der Waals surface area contributed by atoms with Gasteiger partial charge in [0.25, 0.3) is 14.1 Å². The molecular formula is C13H27Al. The Morgan fingerprint density at radius 2 is 1.43 bits per heavy atom. The van der Waals surface area contributed by atoms with E-state index in [2.05, 4.69) is 47.6 Å². The summed E-state index contributed by atoms with van der Waals surface area (Å²) in [6, 6.07) is 0. The van der Waals surface area contributed by atoms with Crippen LogP contribution in [0.3, 0.4) is 0 Å². The first kappa shape index (κ1) is 14.3. The van der Waals surface area contributed by atoms with Gasteiger partial charge in [-0.25, -0.2) is 0 Å². The van der Waals surface area contributed by atoms with Crippen LogP contribution in [0.5, 0.6) is 0 Å². The molecule has 0 amide bonds. The second kappa shape index (κ2) is 7.55. The molecule has 0 bridgehead atoms. The summed E-state index contributed by atoms with van der Waals surface area (Å²) < 4.78 is 0. The molecule has 1 heteroatoms. The molecule has 0 saturated heterocycles. The summed E-state index contributed by atoms with van der Waals surface area (Å²) in [5, 5.41) is 4.45. The molecule has 0 fully saturated rings. The molecule has 0 aromatic carbocycles. The number of hydrogen-bond acceptors (Lipinski definition) is 0. The maximum atomic E-state index is 2.46. The van der Waals surface area contributed by atoms with E-state index in [1.165, 1.54) is 21.4 Å². The zero-order valence-electron chi connectivity index (χ0n) is 10.9. The highest BCUT2D eigenvalue weighted by Gasteiger charge is 2.18. The Morgan fingerprint density at radius 3 is 1.71 bits per heavy atom. The molecule has 0 nitrogen and oxygen atoms in total. The standard InChI is InChI=1S/C5H9.2C4H9.Al/c1-4-5(2)3;2*1-4(2)3;/h4H,1H2,2-3H3;2*4H,1H2,2-3H3;. The minimum absolute atomic E-state index is 0.482. The van der Waals surface area contributed by atoms with E-state index < -0.39 is 14.1 Å². The summed E-state index contributed by atoms with van der Waals surface area (Å²) in [6.45, 7) is 13.9. The first-order valence-corrected chi connectivity index (χ1v) is 8.50. The van der Waals surface area contributed by atoms with Crippen molar-refractivity contribution in [3.05, 3.63) is 11.6 Å². The third-order valence-electron chi connectivity index (χ3n) is 2.47. The van der Waals surface area contributed by atoms with E-state index in [-0.39, 0.29) is 0 Å². The molecule has 0 rings (SSSR count). The van der Waals surface area contributed by atoms with Crippen molar-refractivity contribution in [3.8, 4) is 0 Å². The van der Waals surface area contributed by atoms with Crippen molar-refractivity contribution >= 4 is 14.1 Å². The maximum absolute atomic E-state index is 2.46. The van der Waals surface area contributed by atoms with E-state index in [0.717, 1.165) is 11.8 Å². The topological polar surface area (TPSA) is 0 Å². The monoisotopic (exact) mass is 210 g/mol. The minimum Gasteiger partial charge on any atom is -0.0989 e. The molecule has 0 aliphatic carbocycles. The highest BCUT2D eigenvalue weighted by atomic mass is 27.2. The molecule has 14 heavy (non-hydrogen) atoms. The molecule has 82 valence electrons. The quantitative estimate of drug-likeness (QED) is 0.438. The van der Waals surface area contributed by atoms with Crippen LogP contribution in [0.4, 0.5) is 0 Å². The van der Waals surface area contributed by atoms with Gasteiger partial charge < -0.3 is 0 Å². The number of rotatable bonds is 6. The summed E-state index contributed by atoms with van der Waals surface area (Å²) in [4.78, 5) is 0. The fourth-order valence-electron chi connectivity index (χ4n) is 2.02. The molecule has 0 aliphatic rings. The number of allylic oxidation sites excluding steroid dienone is 2. The van der Waals surface area contributed by atoms with Gasteiger partial charge in [0.05, 0.1) is 0 Å². The predicted molar refractivity (Wildman–Crippen MR) is 69.3 cm³/mol. The Hall–Kier alpha value is 0.272. The van der Waals surface area contributed by atoms with Gasteiger partial charge in [0.1, 0.15) is 0 Å². The van der Waals surface area contributed by atoms with E-state index in [1.807, 2.05) is 0 Å². The van der Waals surface area contributed by atoms with Gasteiger partial charge >= 0.3 is 0 Å². The van der Waals surface area contributed by atoms with Gasteiger partial charge in [-0.1, -0.05) is 67.0 Å². The Bertz CT molecular complexity index is 154. The van der Waals surface area contributed by atoms with Crippen molar-refractivity contribution in [3.63, 3.8) is 0 Å². The average molecular weight is 210 g/mol. The van der Waals surface area contributed by atoms with Crippen molar-refractivity contribution in [1.82, 2.24) is 0 Å². The Kier molecular flexibility index (Phi) is 7.70. The predicted octanol–water partition coefficient (Wildman–Crippen LogP) is 4.76. The smallest absolute Gasteiger partial charge is 0.0989 e. The van der Waals surface area contributed by atoms with Crippen LogP contribution in [0.25, 0.3) is 0 Å². The van der Waals surface area contributed by atoms with Gasteiger partial charge in [-0.05, 0) is 13.8 Å². The lowest BCUT2D eigenvalue weighted by molar-refractivity contribution is 0.689. The van der Waals surface area contributed by atoms with Crippen molar-refractivity contribution in [1.29, 1.82) is 0 Å². The van der Waals surface area contributed by atoms with Crippen molar-refractivity contribution in [2.45, 2.75) is 57.4 Å². The largest absolute Gasteiger partial charge is 0.266 e. The van der Waals surface area contributed by atoms with Crippen LogP contribution in [0.1, 0.15) is 41.5 Å². The molecule has 0 N–H and O–H groups in total. The molecule has 0 radical (unpaired) electrons. The molecule has 0 saturated carbocycles. The Balaban J connectivity index is 4.03. The van der Waals surface area contributed by atoms with Gasteiger partial charge in [0, 0.05) is 0 Å². The van der Waals surface area contributed by atoms with Gasteiger partial charge in [0.2, 0.25) is 0 Å². The van der Waals surface area contributed by atoms with Crippen LogP contribution in [-0.4, -0.2) is 14.1 Å². The van der Waals surface area contributed by atoms with E-state index >= 15 is 0 Å². The van der Waals surface area contributed by atoms with Crippen LogP contribution < -0.4 is 0 Å². The second-order valence-corrected chi connectivity index (χ2v) is 8.79. The molecule has 0 aromatic rings. The molecule has 0 heterocycles. The first-order chi connectivity index (χ1) is 6.41. The molecule has 0 unspecified atom stereocenters. The third-order valence-corrected chi connectivity index (χ3v) is 6.59. The van der Waals surface area contributed by atoms with Crippen LogP contribution >= 0.6 is 0 Å². The lowest BCUT2D eigenvalue weighted by Gasteiger charge is -2.14. The average Bonchev–Trinajstić information content (AvgIpc) is 1.97. The third kappa shape index (κ3) is 8.85. The van der Waals surface area contributed by atoms with E-state index in [1.54, 1.807) is 0 Å². The zero-order chi connectivity index (χ0) is 11.1. The summed E-state index contributed by atoms with van der Waals surface area (Å²) >= 11 is -0.482. The summed E-state index contributed by atoms with van der Waals surface area (Å²) in [5.41, 5.74) is 1.50. The van der Waals surface area contributed by atoms with Crippen LogP contribution in [0, 0.1) is 11.8 Å². The van der Waals surface area contributed by atoms with Crippen LogP contribution in [0.15, 0.2) is 11.6 Å². The first-order valence-electron chi connectivity index (χ1n) is 6.05. The minimum atomic E-state index is -0.482. The lowest BCUT2D eigenvalue weighted by Crippen LogP contribution is -2.16. The Morgan fingerprint density at radius 1 is 1.00 bits per heavy atom. The van der Waals surface area contributed by atoms with E-state index in [9.17, 15) is 0 Å². The second-order valence-electron chi connectivity index (χ2n) is 5.64. The molecular weight excluding hydrogens is 183 g/mol. The maximum Gasteiger partial charge on any atom is 0.266 e. The zero-order valence-corrected chi connectivity index (χ0v) is 12.1. The Labute approximate surface area is 95.2 Å². The molecule has 0 atom stereocenters. The summed E-state index contributed by atoms with van der Waals surface area (Å²) in [6.07, 6.45) is 2.46. The number of hydrogen-bond donors (Lipinski definition) is 0. The van der Waals surface area contributed by atoms with E-state index in [0.29, 0.717) is 0 Å². The van der Waals surface area contributed by atoms with Gasteiger partial charge in [0.15, 0.2) is 0 Å². The summed E-state index contributed by atoms with van der Waals surface area (Å²) in [5.74, 6) is 1.80.